The lowest BCUT2D eigenvalue weighted by atomic mass is 9.80. The highest BCUT2D eigenvalue weighted by atomic mass is 32.2. The van der Waals surface area contributed by atoms with Crippen molar-refractivity contribution in [1.82, 2.24) is 14.9 Å². The molecule has 1 aliphatic rings. The second-order valence-electron chi connectivity index (χ2n) is 5.78. The topological polar surface area (TPSA) is 112 Å². The molecule has 1 aliphatic carbocycles. The standard InChI is InChI=1S/C13H21N3O4S/c1-9-12(10(2)15-14-9)21(19,20)16-13(8-11(17)18)6-4-3-5-7-13/h16H,3-8H2,1-2H3,(H,14,15)(H,17,18). The fourth-order valence-electron chi connectivity index (χ4n) is 3.11. The number of aromatic nitrogens is 2. The van der Waals surface area contributed by atoms with Crippen LogP contribution >= 0.6 is 0 Å². The van der Waals surface area contributed by atoms with Crippen LogP contribution in [0.5, 0.6) is 0 Å². The molecule has 8 heteroatoms. The highest BCUT2D eigenvalue weighted by molar-refractivity contribution is 7.89. The fourth-order valence-corrected chi connectivity index (χ4v) is 4.94. The van der Waals surface area contributed by atoms with Crippen LogP contribution in [0.3, 0.4) is 0 Å². The first kappa shape index (κ1) is 16.0. The van der Waals surface area contributed by atoms with Crippen molar-refractivity contribution < 1.29 is 18.3 Å². The van der Waals surface area contributed by atoms with Crippen LogP contribution in [0, 0.1) is 13.8 Å². The molecule has 0 aromatic carbocycles. The minimum atomic E-state index is -3.79. The second kappa shape index (κ2) is 5.76. The average Bonchev–Trinajstić information content (AvgIpc) is 2.68. The van der Waals surface area contributed by atoms with Crippen LogP contribution in [0.25, 0.3) is 0 Å². The fraction of sp³-hybridized carbons (Fsp3) is 0.692. The van der Waals surface area contributed by atoms with Crippen LogP contribution in [0.15, 0.2) is 4.90 Å². The molecule has 21 heavy (non-hydrogen) atoms. The van der Waals surface area contributed by atoms with E-state index in [9.17, 15) is 13.2 Å². The molecule has 1 heterocycles. The summed E-state index contributed by atoms with van der Waals surface area (Å²) in [6, 6.07) is 0. The SMILES string of the molecule is Cc1n[nH]c(C)c1S(=O)(=O)NC1(CC(=O)O)CCCCC1. The van der Waals surface area contributed by atoms with Gasteiger partial charge in [0.05, 0.1) is 17.8 Å². The first-order valence-electron chi connectivity index (χ1n) is 7.03. The number of aliphatic carboxylic acids is 1. The maximum absolute atomic E-state index is 12.6. The first-order chi connectivity index (χ1) is 9.76. The van der Waals surface area contributed by atoms with Crippen molar-refractivity contribution >= 4 is 16.0 Å². The van der Waals surface area contributed by atoms with Gasteiger partial charge in [-0.25, -0.2) is 13.1 Å². The van der Waals surface area contributed by atoms with E-state index in [0.717, 1.165) is 19.3 Å². The van der Waals surface area contributed by atoms with Gasteiger partial charge < -0.3 is 5.11 Å². The lowest BCUT2D eigenvalue weighted by Gasteiger charge is -2.36. The molecule has 1 saturated carbocycles. The summed E-state index contributed by atoms with van der Waals surface area (Å²) in [5.41, 5.74) is -0.0402. The Morgan fingerprint density at radius 2 is 1.95 bits per heavy atom. The number of carboxylic acid groups (broad SMARTS) is 1. The number of hydrogen-bond acceptors (Lipinski definition) is 4. The Labute approximate surface area is 124 Å². The normalized spacial score (nSPS) is 18.6. The zero-order valence-electron chi connectivity index (χ0n) is 12.3. The molecule has 0 aliphatic heterocycles. The largest absolute Gasteiger partial charge is 0.481 e. The van der Waals surface area contributed by atoms with Gasteiger partial charge in [0.2, 0.25) is 10.0 Å². The van der Waals surface area contributed by atoms with E-state index >= 15 is 0 Å². The molecule has 0 spiro atoms. The molecular formula is C13H21N3O4S. The number of aryl methyl sites for hydroxylation is 2. The van der Waals surface area contributed by atoms with Crippen LogP contribution in [0.1, 0.15) is 49.9 Å². The lowest BCUT2D eigenvalue weighted by molar-refractivity contribution is -0.138. The van der Waals surface area contributed by atoms with Gasteiger partial charge >= 0.3 is 5.97 Å². The first-order valence-corrected chi connectivity index (χ1v) is 8.51. The van der Waals surface area contributed by atoms with Gasteiger partial charge in [0.1, 0.15) is 4.90 Å². The van der Waals surface area contributed by atoms with Crippen LogP contribution in [0.4, 0.5) is 0 Å². The highest BCUT2D eigenvalue weighted by Crippen LogP contribution is 2.33. The van der Waals surface area contributed by atoms with E-state index in [0.29, 0.717) is 24.2 Å². The van der Waals surface area contributed by atoms with E-state index < -0.39 is 21.5 Å². The van der Waals surface area contributed by atoms with Crippen molar-refractivity contribution in [2.45, 2.75) is 62.8 Å². The van der Waals surface area contributed by atoms with Gasteiger partial charge in [0, 0.05) is 5.54 Å². The van der Waals surface area contributed by atoms with Crippen LogP contribution in [-0.4, -0.2) is 35.2 Å². The quantitative estimate of drug-likeness (QED) is 0.762. The van der Waals surface area contributed by atoms with Gasteiger partial charge in [-0.15, -0.1) is 0 Å². The Balaban J connectivity index is 2.33. The summed E-state index contributed by atoms with van der Waals surface area (Å²) in [7, 11) is -3.79. The Bertz CT molecular complexity index is 610. The Morgan fingerprint density at radius 1 is 1.33 bits per heavy atom. The number of sulfonamides is 1. The van der Waals surface area contributed by atoms with E-state index in [4.69, 9.17) is 5.11 Å². The van der Waals surface area contributed by atoms with Crippen molar-refractivity contribution in [1.29, 1.82) is 0 Å². The number of aromatic amines is 1. The minimum absolute atomic E-state index is 0.123. The van der Waals surface area contributed by atoms with Crippen molar-refractivity contribution in [3.8, 4) is 0 Å². The van der Waals surface area contributed by atoms with Crippen molar-refractivity contribution in [3.05, 3.63) is 11.4 Å². The van der Waals surface area contributed by atoms with Gasteiger partial charge in [0.15, 0.2) is 0 Å². The molecule has 118 valence electrons. The number of carbonyl (C=O) groups is 1. The number of nitrogens with one attached hydrogen (secondary N) is 2. The van der Waals surface area contributed by atoms with E-state index in [1.165, 1.54) is 0 Å². The molecule has 0 amide bonds. The highest BCUT2D eigenvalue weighted by Gasteiger charge is 2.39. The zero-order chi connectivity index (χ0) is 15.7. The maximum atomic E-state index is 12.6. The number of carboxylic acids is 1. The summed E-state index contributed by atoms with van der Waals surface area (Å²) >= 11 is 0. The third-order valence-corrected chi connectivity index (χ3v) is 5.82. The summed E-state index contributed by atoms with van der Waals surface area (Å²) < 4.78 is 27.9. The Kier molecular flexibility index (Phi) is 4.38. The van der Waals surface area contributed by atoms with E-state index in [1.54, 1.807) is 13.8 Å². The number of rotatable bonds is 5. The smallest absolute Gasteiger partial charge is 0.305 e. The number of hydrogen-bond donors (Lipinski definition) is 3. The van der Waals surface area contributed by atoms with Gasteiger partial charge in [-0.2, -0.15) is 5.10 Å². The molecule has 1 fully saturated rings. The van der Waals surface area contributed by atoms with E-state index in [-0.39, 0.29) is 11.3 Å². The third-order valence-electron chi connectivity index (χ3n) is 3.98. The molecule has 3 N–H and O–H groups in total. The summed E-state index contributed by atoms with van der Waals surface area (Å²) in [6.07, 6.45) is 3.58. The Hall–Kier alpha value is -1.41. The number of nitrogens with zero attached hydrogens (tertiary/aromatic N) is 1. The van der Waals surface area contributed by atoms with Gasteiger partial charge in [0.25, 0.3) is 0 Å². The molecule has 0 bridgehead atoms. The summed E-state index contributed by atoms with van der Waals surface area (Å²) in [5.74, 6) is -0.986. The predicted octanol–water partition coefficient (Wildman–Crippen LogP) is 1.48. The molecule has 1 aromatic rings. The summed E-state index contributed by atoms with van der Waals surface area (Å²) in [4.78, 5) is 11.2. The Morgan fingerprint density at radius 3 is 2.43 bits per heavy atom. The second-order valence-corrected chi connectivity index (χ2v) is 7.40. The molecular weight excluding hydrogens is 294 g/mol. The van der Waals surface area contributed by atoms with Gasteiger partial charge in [-0.05, 0) is 26.7 Å². The van der Waals surface area contributed by atoms with Crippen molar-refractivity contribution in [2.75, 3.05) is 0 Å². The predicted molar refractivity (Wildman–Crippen MR) is 76.5 cm³/mol. The van der Waals surface area contributed by atoms with E-state index in [1.807, 2.05) is 0 Å². The minimum Gasteiger partial charge on any atom is -0.481 e. The van der Waals surface area contributed by atoms with Gasteiger partial charge in [-0.1, -0.05) is 19.3 Å². The molecule has 7 nitrogen and oxygen atoms in total. The van der Waals surface area contributed by atoms with Crippen LogP contribution in [0.2, 0.25) is 0 Å². The molecule has 0 unspecified atom stereocenters. The summed E-state index contributed by atoms with van der Waals surface area (Å²) in [6.45, 7) is 3.25. The van der Waals surface area contributed by atoms with Crippen molar-refractivity contribution in [2.24, 2.45) is 0 Å². The third kappa shape index (κ3) is 3.44. The lowest BCUT2D eigenvalue weighted by Crippen LogP contribution is -2.51. The van der Waals surface area contributed by atoms with Crippen LogP contribution < -0.4 is 4.72 Å². The van der Waals surface area contributed by atoms with Gasteiger partial charge in [-0.3, -0.25) is 9.89 Å². The molecule has 0 atom stereocenters. The van der Waals surface area contributed by atoms with Crippen LogP contribution in [-0.2, 0) is 14.8 Å². The van der Waals surface area contributed by atoms with Crippen molar-refractivity contribution in [3.63, 3.8) is 0 Å². The summed E-state index contributed by atoms with van der Waals surface area (Å²) in [5, 5.41) is 15.7. The number of H-pyrrole nitrogens is 1. The molecule has 1 aromatic heterocycles. The maximum Gasteiger partial charge on any atom is 0.305 e. The zero-order valence-corrected chi connectivity index (χ0v) is 13.1. The molecule has 2 rings (SSSR count). The van der Waals surface area contributed by atoms with E-state index in [2.05, 4.69) is 14.9 Å². The molecule has 0 saturated heterocycles. The average molecular weight is 315 g/mol. The monoisotopic (exact) mass is 315 g/mol. The molecule has 0 radical (unpaired) electrons.